The molecule has 14 heteroatoms. The SMILES string of the molecule is COCCN(CC(=O)N(CCc1ccccc1)CC(=O)N(CCOC)CC(=O)N(CCc1ccccc1)CC(N)=O)C(=O)CNc1ccc(C(C)=O)cc1. The second kappa shape index (κ2) is 23.1. The average Bonchev–Trinajstić information content (AvgIpc) is 3.17. The van der Waals surface area contributed by atoms with Gasteiger partial charge in [0.1, 0.15) is 0 Å². The van der Waals surface area contributed by atoms with Crippen molar-refractivity contribution in [2.24, 2.45) is 5.73 Å². The van der Waals surface area contributed by atoms with E-state index in [4.69, 9.17) is 15.2 Å². The lowest BCUT2D eigenvalue weighted by molar-refractivity contribution is -0.146. The van der Waals surface area contributed by atoms with Crippen LogP contribution in [0.3, 0.4) is 0 Å². The molecule has 54 heavy (non-hydrogen) atoms. The van der Waals surface area contributed by atoms with Crippen molar-refractivity contribution in [3.63, 3.8) is 0 Å². The number of amides is 5. The lowest BCUT2D eigenvalue weighted by Gasteiger charge is -2.31. The second-order valence-corrected chi connectivity index (χ2v) is 12.7. The summed E-state index contributed by atoms with van der Waals surface area (Å²) in [6.45, 7) is 0.843. The molecule has 3 rings (SSSR count). The van der Waals surface area contributed by atoms with Gasteiger partial charge in [-0.3, -0.25) is 28.8 Å². The van der Waals surface area contributed by atoms with Crippen LogP contribution < -0.4 is 11.1 Å². The summed E-state index contributed by atoms with van der Waals surface area (Å²) in [7, 11) is 2.97. The van der Waals surface area contributed by atoms with Crippen molar-refractivity contribution in [3.8, 4) is 0 Å². The fourth-order valence-electron chi connectivity index (χ4n) is 5.48. The van der Waals surface area contributed by atoms with Crippen molar-refractivity contribution >= 4 is 41.0 Å². The Labute approximate surface area is 317 Å². The van der Waals surface area contributed by atoms with E-state index >= 15 is 0 Å². The molecule has 0 aliphatic carbocycles. The molecular weight excluding hydrogens is 692 g/mol. The summed E-state index contributed by atoms with van der Waals surface area (Å²) >= 11 is 0. The van der Waals surface area contributed by atoms with E-state index in [-0.39, 0.29) is 83.8 Å². The number of nitrogens with zero attached hydrogens (tertiary/aromatic N) is 4. The first-order valence-corrected chi connectivity index (χ1v) is 17.8. The summed E-state index contributed by atoms with van der Waals surface area (Å²) in [5, 5.41) is 3.03. The number of nitrogens with one attached hydrogen (secondary N) is 1. The minimum absolute atomic E-state index is 0.0579. The van der Waals surface area contributed by atoms with E-state index in [1.54, 1.807) is 24.3 Å². The molecule has 0 spiro atoms. The Bertz CT molecular complexity index is 1660. The summed E-state index contributed by atoms with van der Waals surface area (Å²) in [5.74, 6) is -2.58. The van der Waals surface area contributed by atoms with E-state index in [1.165, 1.54) is 40.7 Å². The highest BCUT2D eigenvalue weighted by atomic mass is 16.5. The predicted molar refractivity (Wildman–Crippen MR) is 204 cm³/mol. The van der Waals surface area contributed by atoms with Gasteiger partial charge >= 0.3 is 0 Å². The van der Waals surface area contributed by atoms with Gasteiger partial charge in [-0.05, 0) is 55.2 Å². The number of Topliss-reactive ketones (excluding diaryl/α,β-unsaturated/α-hetero) is 1. The molecule has 3 N–H and O–H groups in total. The van der Waals surface area contributed by atoms with E-state index in [9.17, 15) is 28.8 Å². The third kappa shape index (κ3) is 15.2. The number of carbonyl (C=O) groups excluding carboxylic acids is 6. The van der Waals surface area contributed by atoms with Crippen molar-refractivity contribution in [1.82, 2.24) is 19.6 Å². The number of nitrogens with two attached hydrogens (primary N) is 1. The highest BCUT2D eigenvalue weighted by Crippen LogP contribution is 2.11. The van der Waals surface area contributed by atoms with Crippen molar-refractivity contribution in [1.29, 1.82) is 0 Å². The molecule has 0 radical (unpaired) electrons. The maximum absolute atomic E-state index is 14.0. The van der Waals surface area contributed by atoms with Gasteiger partial charge in [0.05, 0.1) is 45.9 Å². The largest absolute Gasteiger partial charge is 0.383 e. The van der Waals surface area contributed by atoms with Gasteiger partial charge in [0.25, 0.3) is 0 Å². The molecule has 0 unspecified atom stereocenters. The van der Waals surface area contributed by atoms with Gasteiger partial charge in [0, 0.05) is 51.6 Å². The Morgan fingerprint density at radius 2 is 0.963 bits per heavy atom. The maximum Gasteiger partial charge on any atom is 0.242 e. The van der Waals surface area contributed by atoms with E-state index in [2.05, 4.69) is 5.32 Å². The van der Waals surface area contributed by atoms with Crippen molar-refractivity contribution in [2.75, 3.05) is 91.7 Å². The number of anilines is 1. The monoisotopic (exact) mass is 744 g/mol. The topological polar surface area (TPSA) is 172 Å². The van der Waals surface area contributed by atoms with E-state index in [1.807, 2.05) is 60.7 Å². The zero-order valence-electron chi connectivity index (χ0n) is 31.4. The number of hydrogen-bond donors (Lipinski definition) is 2. The number of ketones is 1. The van der Waals surface area contributed by atoms with Crippen LogP contribution in [0.4, 0.5) is 5.69 Å². The highest BCUT2D eigenvalue weighted by Gasteiger charge is 2.27. The Morgan fingerprint density at radius 1 is 0.556 bits per heavy atom. The van der Waals surface area contributed by atoms with Crippen LogP contribution in [-0.2, 0) is 46.3 Å². The number of rotatable bonds is 24. The molecule has 0 heterocycles. The first-order chi connectivity index (χ1) is 26.0. The van der Waals surface area contributed by atoms with Gasteiger partial charge in [-0.15, -0.1) is 0 Å². The summed E-state index contributed by atoms with van der Waals surface area (Å²) in [4.78, 5) is 83.8. The molecule has 0 aliphatic heterocycles. The van der Waals surface area contributed by atoms with E-state index in [0.717, 1.165) is 11.1 Å². The molecule has 0 aromatic heterocycles. The van der Waals surface area contributed by atoms with E-state index < -0.39 is 23.6 Å². The molecule has 0 atom stereocenters. The molecule has 3 aromatic carbocycles. The zero-order chi connectivity index (χ0) is 39.3. The molecule has 5 amide bonds. The Hall–Kier alpha value is -5.60. The molecule has 0 saturated carbocycles. The molecule has 0 aliphatic rings. The van der Waals surface area contributed by atoms with E-state index in [0.29, 0.717) is 24.1 Å². The highest BCUT2D eigenvalue weighted by molar-refractivity contribution is 5.94. The smallest absolute Gasteiger partial charge is 0.242 e. The number of carbonyl (C=O) groups is 6. The first-order valence-electron chi connectivity index (χ1n) is 17.8. The quantitative estimate of drug-likeness (QED) is 0.130. The molecular formula is C40H52N6O8. The third-order valence-corrected chi connectivity index (χ3v) is 8.63. The first kappa shape index (κ1) is 42.8. The molecule has 0 bridgehead atoms. The summed E-state index contributed by atoms with van der Waals surface area (Å²) in [6.07, 6.45) is 0.917. The van der Waals surface area contributed by atoms with Gasteiger partial charge in [-0.2, -0.15) is 0 Å². The molecule has 0 saturated heterocycles. The number of methoxy groups -OCH3 is 2. The molecule has 3 aromatic rings. The normalized spacial score (nSPS) is 10.6. The van der Waals surface area contributed by atoms with Crippen LogP contribution in [0.2, 0.25) is 0 Å². The summed E-state index contributed by atoms with van der Waals surface area (Å²) in [5.41, 5.74) is 8.56. The molecule has 290 valence electrons. The van der Waals surface area contributed by atoms with Crippen LogP contribution in [-0.4, -0.2) is 141 Å². The number of hydrogen-bond acceptors (Lipinski definition) is 9. The van der Waals surface area contributed by atoms with Gasteiger partial charge in [-0.1, -0.05) is 60.7 Å². The van der Waals surface area contributed by atoms with Crippen LogP contribution >= 0.6 is 0 Å². The minimum atomic E-state index is -0.683. The third-order valence-electron chi connectivity index (χ3n) is 8.63. The second-order valence-electron chi connectivity index (χ2n) is 12.7. The number of ether oxygens (including phenoxy) is 2. The van der Waals surface area contributed by atoms with Crippen LogP contribution in [0.5, 0.6) is 0 Å². The predicted octanol–water partition coefficient (Wildman–Crippen LogP) is 1.88. The minimum Gasteiger partial charge on any atom is -0.383 e. The number of benzene rings is 3. The lowest BCUT2D eigenvalue weighted by atomic mass is 10.1. The summed E-state index contributed by atoms with van der Waals surface area (Å²) in [6, 6.07) is 25.7. The van der Waals surface area contributed by atoms with Gasteiger partial charge < -0.3 is 40.1 Å². The average molecular weight is 745 g/mol. The van der Waals surface area contributed by atoms with Crippen molar-refractivity contribution < 1.29 is 38.2 Å². The Kier molecular flexibility index (Phi) is 18.3. The van der Waals surface area contributed by atoms with Crippen LogP contribution in [0.1, 0.15) is 28.4 Å². The van der Waals surface area contributed by atoms with Crippen LogP contribution in [0.25, 0.3) is 0 Å². The lowest BCUT2D eigenvalue weighted by Crippen LogP contribution is -2.52. The summed E-state index contributed by atoms with van der Waals surface area (Å²) < 4.78 is 10.4. The Balaban J connectivity index is 1.77. The fourth-order valence-corrected chi connectivity index (χ4v) is 5.48. The number of primary amides is 1. The van der Waals surface area contributed by atoms with Crippen molar-refractivity contribution in [3.05, 3.63) is 102 Å². The maximum atomic E-state index is 14.0. The van der Waals surface area contributed by atoms with Crippen molar-refractivity contribution in [2.45, 2.75) is 19.8 Å². The fraction of sp³-hybridized carbons (Fsp3) is 0.400. The van der Waals surface area contributed by atoms with Crippen LogP contribution in [0.15, 0.2) is 84.9 Å². The van der Waals surface area contributed by atoms with Gasteiger partial charge in [0.15, 0.2) is 5.78 Å². The molecule has 14 nitrogen and oxygen atoms in total. The standard InChI is InChI=1S/C40H52N6O8/c1-31(47)34-14-16-35(17-15-34)42-26-37(49)45(22-24-53-2)29-39(51)44(21-19-33-12-8-5-9-13-33)28-40(52)46(23-25-54-3)30-38(50)43(27-36(41)48)20-18-32-10-6-4-7-11-32/h4-17,42H,18-30H2,1-3H3,(H2,41,48). The van der Waals surface area contributed by atoms with Gasteiger partial charge in [-0.25, -0.2) is 0 Å². The Morgan fingerprint density at radius 3 is 1.37 bits per heavy atom. The van der Waals surface area contributed by atoms with Crippen LogP contribution in [0, 0.1) is 0 Å². The van der Waals surface area contributed by atoms with Gasteiger partial charge in [0.2, 0.25) is 29.5 Å². The zero-order valence-corrected chi connectivity index (χ0v) is 31.4. The molecule has 0 fully saturated rings.